The molecule has 0 aromatic heterocycles. The van der Waals surface area contributed by atoms with Crippen LogP contribution >= 0.6 is 11.6 Å². The predicted octanol–water partition coefficient (Wildman–Crippen LogP) is 0.879. The zero-order chi connectivity index (χ0) is 17.7. The van der Waals surface area contributed by atoms with Gasteiger partial charge in [-0.1, -0.05) is 29.8 Å². The van der Waals surface area contributed by atoms with Crippen molar-refractivity contribution in [1.82, 2.24) is 20.4 Å². The topological polar surface area (TPSA) is 64.7 Å². The summed E-state index contributed by atoms with van der Waals surface area (Å²) in [5.41, 5.74) is 1.01. The van der Waals surface area contributed by atoms with Crippen molar-refractivity contribution in [1.29, 1.82) is 0 Å². The van der Waals surface area contributed by atoms with Crippen LogP contribution in [0.15, 0.2) is 24.3 Å². The molecule has 2 amide bonds. The number of hydrogen-bond donors (Lipinski definition) is 2. The number of rotatable bonds is 5. The first kappa shape index (κ1) is 18.7. The Morgan fingerprint density at radius 3 is 2.79 bits per heavy atom. The molecule has 2 atom stereocenters. The van der Waals surface area contributed by atoms with Crippen molar-refractivity contribution in [3.63, 3.8) is 0 Å². The van der Waals surface area contributed by atoms with Crippen LogP contribution < -0.4 is 10.6 Å². The standard InChI is InChI=1S/C17H25ClN4O2/c1-12(17(24)21(2)3)20-16(23)11-22-9-8-19-10-15(22)13-6-4-5-7-14(13)18/h4-7,12,15,19H,8-11H2,1-3H3,(H,20,23). The van der Waals surface area contributed by atoms with Crippen LogP contribution in [-0.2, 0) is 9.59 Å². The first-order valence-corrected chi connectivity index (χ1v) is 8.47. The summed E-state index contributed by atoms with van der Waals surface area (Å²) in [6.45, 7) is 4.25. The lowest BCUT2D eigenvalue weighted by atomic mass is 10.0. The molecule has 7 heteroatoms. The zero-order valence-electron chi connectivity index (χ0n) is 14.4. The van der Waals surface area contributed by atoms with E-state index < -0.39 is 6.04 Å². The van der Waals surface area contributed by atoms with Gasteiger partial charge >= 0.3 is 0 Å². The van der Waals surface area contributed by atoms with Crippen molar-refractivity contribution < 1.29 is 9.59 Å². The van der Waals surface area contributed by atoms with E-state index in [1.54, 1.807) is 21.0 Å². The third kappa shape index (κ3) is 4.69. The minimum Gasteiger partial charge on any atom is -0.347 e. The molecule has 1 aliphatic heterocycles. The fraction of sp³-hybridized carbons (Fsp3) is 0.529. The average molecular weight is 353 g/mol. The number of hydrogen-bond acceptors (Lipinski definition) is 4. The summed E-state index contributed by atoms with van der Waals surface area (Å²) in [4.78, 5) is 27.8. The maximum absolute atomic E-state index is 12.3. The fourth-order valence-corrected chi connectivity index (χ4v) is 3.17. The first-order chi connectivity index (χ1) is 11.4. The minimum absolute atomic E-state index is 0.0399. The van der Waals surface area contributed by atoms with E-state index in [9.17, 15) is 9.59 Å². The first-order valence-electron chi connectivity index (χ1n) is 8.10. The van der Waals surface area contributed by atoms with E-state index in [1.165, 1.54) is 4.90 Å². The number of likely N-dealkylation sites (N-methyl/N-ethyl adjacent to an activating group) is 1. The third-order valence-electron chi connectivity index (χ3n) is 4.15. The Kier molecular flexibility index (Phi) is 6.60. The molecule has 0 spiro atoms. The van der Waals surface area contributed by atoms with Gasteiger partial charge in [-0.2, -0.15) is 0 Å². The van der Waals surface area contributed by atoms with Gasteiger partial charge in [0.25, 0.3) is 0 Å². The lowest BCUT2D eigenvalue weighted by Gasteiger charge is -2.36. The number of carbonyl (C=O) groups excluding carboxylic acids is 2. The van der Waals surface area contributed by atoms with Gasteiger partial charge < -0.3 is 15.5 Å². The third-order valence-corrected chi connectivity index (χ3v) is 4.50. The number of amides is 2. The van der Waals surface area contributed by atoms with Crippen molar-refractivity contribution in [3.8, 4) is 0 Å². The number of carbonyl (C=O) groups is 2. The summed E-state index contributed by atoms with van der Waals surface area (Å²) in [5, 5.41) is 6.82. The molecule has 2 N–H and O–H groups in total. The number of nitrogens with zero attached hydrogens (tertiary/aromatic N) is 2. The largest absolute Gasteiger partial charge is 0.347 e. The molecule has 0 radical (unpaired) electrons. The van der Waals surface area contributed by atoms with E-state index in [4.69, 9.17) is 11.6 Å². The predicted molar refractivity (Wildman–Crippen MR) is 94.9 cm³/mol. The summed E-state index contributed by atoms with van der Waals surface area (Å²) in [6.07, 6.45) is 0. The van der Waals surface area contributed by atoms with Gasteiger partial charge in [-0.05, 0) is 18.6 Å². The Morgan fingerprint density at radius 2 is 2.12 bits per heavy atom. The molecule has 0 aliphatic carbocycles. The normalized spacial score (nSPS) is 19.6. The summed E-state index contributed by atoms with van der Waals surface area (Å²) in [5.74, 6) is -0.275. The Bertz CT molecular complexity index is 594. The van der Waals surface area contributed by atoms with Gasteiger partial charge in [-0.25, -0.2) is 0 Å². The zero-order valence-corrected chi connectivity index (χ0v) is 15.1. The summed E-state index contributed by atoms with van der Waals surface area (Å²) < 4.78 is 0. The smallest absolute Gasteiger partial charge is 0.244 e. The van der Waals surface area contributed by atoms with Crippen LogP contribution in [0.2, 0.25) is 5.02 Å². The van der Waals surface area contributed by atoms with Gasteiger partial charge in [-0.3, -0.25) is 14.5 Å². The summed E-state index contributed by atoms with van der Waals surface area (Å²) >= 11 is 6.31. The highest BCUT2D eigenvalue weighted by molar-refractivity contribution is 6.31. The Morgan fingerprint density at radius 1 is 1.42 bits per heavy atom. The number of piperazine rings is 1. The fourth-order valence-electron chi connectivity index (χ4n) is 2.91. The molecule has 1 aliphatic rings. The molecule has 2 unspecified atom stereocenters. The van der Waals surface area contributed by atoms with E-state index in [1.807, 2.05) is 24.3 Å². The maximum atomic E-state index is 12.3. The highest BCUT2D eigenvalue weighted by atomic mass is 35.5. The molecule has 1 fully saturated rings. The van der Waals surface area contributed by atoms with Crippen LogP contribution in [0.25, 0.3) is 0 Å². The molecule has 132 valence electrons. The van der Waals surface area contributed by atoms with Crippen LogP contribution in [0.5, 0.6) is 0 Å². The Balaban J connectivity index is 2.02. The van der Waals surface area contributed by atoms with Crippen molar-refractivity contribution in [2.45, 2.75) is 19.0 Å². The molecule has 0 bridgehead atoms. The molecular weight excluding hydrogens is 328 g/mol. The molecule has 1 saturated heterocycles. The van der Waals surface area contributed by atoms with Crippen LogP contribution in [-0.4, -0.2) is 67.9 Å². The molecular formula is C17H25ClN4O2. The average Bonchev–Trinajstić information content (AvgIpc) is 2.55. The second kappa shape index (κ2) is 8.46. The Hall–Kier alpha value is -1.63. The molecule has 2 rings (SSSR count). The second-order valence-corrected chi connectivity index (χ2v) is 6.64. The number of nitrogens with one attached hydrogen (secondary N) is 2. The highest BCUT2D eigenvalue weighted by Crippen LogP contribution is 2.28. The molecule has 0 saturated carbocycles. The highest BCUT2D eigenvalue weighted by Gasteiger charge is 2.27. The van der Waals surface area contributed by atoms with Gasteiger partial charge in [0.2, 0.25) is 11.8 Å². The maximum Gasteiger partial charge on any atom is 0.244 e. The summed E-state index contributed by atoms with van der Waals surface area (Å²) in [7, 11) is 3.35. The van der Waals surface area contributed by atoms with E-state index in [-0.39, 0.29) is 24.4 Å². The van der Waals surface area contributed by atoms with E-state index in [2.05, 4.69) is 15.5 Å². The van der Waals surface area contributed by atoms with Gasteiger partial charge in [0, 0.05) is 44.8 Å². The minimum atomic E-state index is -0.533. The molecule has 6 nitrogen and oxygen atoms in total. The number of benzene rings is 1. The second-order valence-electron chi connectivity index (χ2n) is 6.23. The van der Waals surface area contributed by atoms with Crippen molar-refractivity contribution >= 4 is 23.4 Å². The van der Waals surface area contributed by atoms with Crippen LogP contribution in [0.1, 0.15) is 18.5 Å². The number of halogens is 1. The van der Waals surface area contributed by atoms with E-state index in [0.29, 0.717) is 5.02 Å². The molecule has 1 heterocycles. The van der Waals surface area contributed by atoms with Crippen LogP contribution in [0.3, 0.4) is 0 Å². The van der Waals surface area contributed by atoms with Crippen molar-refractivity contribution in [2.75, 3.05) is 40.3 Å². The van der Waals surface area contributed by atoms with E-state index >= 15 is 0 Å². The lowest BCUT2D eigenvalue weighted by Crippen LogP contribution is -2.52. The monoisotopic (exact) mass is 352 g/mol. The molecule has 1 aromatic carbocycles. The Labute approximate surface area is 148 Å². The summed E-state index contributed by atoms with van der Waals surface area (Å²) in [6, 6.07) is 7.21. The quantitative estimate of drug-likeness (QED) is 0.825. The van der Waals surface area contributed by atoms with Crippen LogP contribution in [0, 0.1) is 0 Å². The molecule has 1 aromatic rings. The SMILES string of the molecule is CC(NC(=O)CN1CCNCC1c1ccccc1Cl)C(=O)N(C)C. The van der Waals surface area contributed by atoms with Gasteiger partial charge in [0.1, 0.15) is 6.04 Å². The lowest BCUT2D eigenvalue weighted by molar-refractivity contribution is -0.134. The van der Waals surface area contributed by atoms with E-state index in [0.717, 1.165) is 25.2 Å². The van der Waals surface area contributed by atoms with Crippen molar-refractivity contribution in [3.05, 3.63) is 34.9 Å². The van der Waals surface area contributed by atoms with Gasteiger partial charge in [0.05, 0.1) is 6.54 Å². The van der Waals surface area contributed by atoms with Crippen molar-refractivity contribution in [2.24, 2.45) is 0 Å². The van der Waals surface area contributed by atoms with Crippen LogP contribution in [0.4, 0.5) is 0 Å². The van der Waals surface area contributed by atoms with Gasteiger partial charge in [-0.15, -0.1) is 0 Å². The van der Waals surface area contributed by atoms with Gasteiger partial charge in [0.15, 0.2) is 0 Å². The molecule has 24 heavy (non-hydrogen) atoms.